The second-order valence-corrected chi connectivity index (χ2v) is 5.77. The average Bonchev–Trinajstić information content (AvgIpc) is 2.48. The minimum Gasteiger partial charge on any atom is -0.481 e. The summed E-state index contributed by atoms with van der Waals surface area (Å²) in [7, 11) is 0. The Morgan fingerprint density at radius 1 is 1.53 bits per heavy atom. The molecule has 0 saturated heterocycles. The monoisotopic (exact) mass is 227 g/mol. The van der Waals surface area contributed by atoms with Crippen molar-refractivity contribution in [1.29, 1.82) is 0 Å². The number of carboxylic acid groups (broad SMARTS) is 1. The molecule has 15 heavy (non-hydrogen) atoms. The van der Waals surface area contributed by atoms with Crippen molar-refractivity contribution in [3.05, 3.63) is 21.9 Å². The summed E-state index contributed by atoms with van der Waals surface area (Å²) >= 11 is 1.60. The molecule has 0 radical (unpaired) electrons. The molecular weight excluding hydrogens is 210 g/mol. The molecule has 0 bridgehead atoms. The molecule has 1 aromatic rings. The van der Waals surface area contributed by atoms with Gasteiger partial charge in [-0.2, -0.15) is 0 Å². The maximum absolute atomic E-state index is 10.5. The number of thiophene rings is 1. The smallest absolute Gasteiger partial charge is 0.305 e. The quantitative estimate of drug-likeness (QED) is 0.834. The van der Waals surface area contributed by atoms with Gasteiger partial charge in [0.2, 0.25) is 0 Å². The van der Waals surface area contributed by atoms with E-state index in [2.05, 4.69) is 20.8 Å². The first kappa shape index (κ1) is 12.2. The molecule has 4 heteroatoms. The van der Waals surface area contributed by atoms with E-state index < -0.39 is 5.97 Å². The molecule has 84 valence electrons. The fourth-order valence-electron chi connectivity index (χ4n) is 1.24. The molecule has 1 rings (SSSR count). The minimum atomic E-state index is -0.854. The number of hydrogen-bond donors (Lipinski definition) is 2. The van der Waals surface area contributed by atoms with Crippen LogP contribution in [0.15, 0.2) is 12.1 Å². The van der Waals surface area contributed by atoms with Crippen LogP contribution in [-0.4, -0.2) is 11.1 Å². The third-order valence-corrected chi connectivity index (χ3v) is 3.77. The minimum absolute atomic E-state index is 0.00983. The fourth-order valence-corrected chi connectivity index (χ4v) is 2.31. The summed E-state index contributed by atoms with van der Waals surface area (Å²) in [5.74, 6) is -0.854. The topological polar surface area (TPSA) is 63.3 Å². The molecule has 0 amide bonds. The number of carboxylic acids is 1. The third kappa shape index (κ3) is 3.32. The van der Waals surface area contributed by atoms with Gasteiger partial charge in [0.25, 0.3) is 0 Å². The van der Waals surface area contributed by atoms with Gasteiger partial charge in [-0.3, -0.25) is 4.79 Å². The van der Waals surface area contributed by atoms with E-state index in [9.17, 15) is 4.79 Å². The summed E-state index contributed by atoms with van der Waals surface area (Å²) in [5, 5.41) is 8.64. The van der Waals surface area contributed by atoms with Crippen LogP contribution in [0.5, 0.6) is 0 Å². The van der Waals surface area contributed by atoms with Gasteiger partial charge in [-0.1, -0.05) is 20.8 Å². The largest absolute Gasteiger partial charge is 0.481 e. The fraction of sp³-hybridized carbons (Fsp3) is 0.545. The summed E-state index contributed by atoms with van der Waals surface area (Å²) < 4.78 is 0. The molecule has 3 N–H and O–H groups in total. The highest BCUT2D eigenvalue weighted by atomic mass is 32.1. The van der Waals surface area contributed by atoms with E-state index in [1.807, 2.05) is 12.1 Å². The SMILES string of the molecule is CC(C)(C)c1ccc([C@@H](N)CC(=O)O)s1. The van der Waals surface area contributed by atoms with E-state index in [0.29, 0.717) is 0 Å². The van der Waals surface area contributed by atoms with Crippen LogP contribution in [0, 0.1) is 0 Å². The van der Waals surface area contributed by atoms with E-state index in [1.54, 1.807) is 11.3 Å². The van der Waals surface area contributed by atoms with E-state index in [4.69, 9.17) is 10.8 Å². The van der Waals surface area contributed by atoms with Crippen molar-refractivity contribution >= 4 is 17.3 Å². The van der Waals surface area contributed by atoms with Gasteiger partial charge >= 0.3 is 5.97 Å². The molecule has 0 fully saturated rings. The standard InChI is InChI=1S/C11H17NO2S/c1-11(2,3)9-5-4-8(15-9)7(12)6-10(13)14/h4-5,7H,6,12H2,1-3H3,(H,13,14)/t7-/m0/s1. The molecule has 0 saturated carbocycles. The summed E-state index contributed by atoms with van der Waals surface area (Å²) in [6.45, 7) is 6.39. The highest BCUT2D eigenvalue weighted by Crippen LogP contribution is 2.32. The lowest BCUT2D eigenvalue weighted by atomic mass is 9.95. The zero-order valence-electron chi connectivity index (χ0n) is 9.28. The Morgan fingerprint density at radius 3 is 2.53 bits per heavy atom. The first-order valence-corrected chi connectivity index (χ1v) is 5.70. The molecule has 0 aliphatic rings. The molecule has 1 aromatic heterocycles. The first-order chi connectivity index (χ1) is 6.80. The van der Waals surface area contributed by atoms with Crippen molar-refractivity contribution in [2.75, 3.05) is 0 Å². The van der Waals surface area contributed by atoms with Gasteiger partial charge in [-0.25, -0.2) is 0 Å². The Bertz CT molecular complexity index is 352. The van der Waals surface area contributed by atoms with Gasteiger partial charge in [0.1, 0.15) is 0 Å². The lowest BCUT2D eigenvalue weighted by Crippen LogP contribution is -2.13. The van der Waals surface area contributed by atoms with E-state index in [-0.39, 0.29) is 17.9 Å². The maximum atomic E-state index is 10.5. The van der Waals surface area contributed by atoms with Crippen LogP contribution in [0.25, 0.3) is 0 Å². The van der Waals surface area contributed by atoms with E-state index >= 15 is 0 Å². The Kier molecular flexibility index (Phi) is 3.52. The Labute approximate surface area is 93.9 Å². The van der Waals surface area contributed by atoms with Crippen LogP contribution in [0.1, 0.15) is 43.0 Å². The van der Waals surface area contributed by atoms with Crippen molar-refractivity contribution in [3.8, 4) is 0 Å². The summed E-state index contributed by atoms with van der Waals surface area (Å²) in [6, 6.07) is 3.57. The second-order valence-electron chi connectivity index (χ2n) is 4.66. The number of rotatable bonds is 3. The van der Waals surface area contributed by atoms with Crippen molar-refractivity contribution in [2.45, 2.75) is 38.6 Å². The molecule has 0 spiro atoms. The van der Waals surface area contributed by atoms with Gasteiger partial charge < -0.3 is 10.8 Å². The zero-order valence-corrected chi connectivity index (χ0v) is 10.1. The van der Waals surface area contributed by atoms with Crippen molar-refractivity contribution in [2.24, 2.45) is 5.73 Å². The van der Waals surface area contributed by atoms with E-state index in [0.717, 1.165) is 4.88 Å². The number of hydrogen-bond acceptors (Lipinski definition) is 3. The van der Waals surface area contributed by atoms with E-state index in [1.165, 1.54) is 4.88 Å². The third-order valence-electron chi connectivity index (χ3n) is 2.13. The van der Waals surface area contributed by atoms with Crippen LogP contribution in [0.3, 0.4) is 0 Å². The highest BCUT2D eigenvalue weighted by Gasteiger charge is 2.19. The lowest BCUT2D eigenvalue weighted by molar-refractivity contribution is -0.137. The molecule has 0 aliphatic heterocycles. The predicted molar refractivity (Wildman–Crippen MR) is 62.2 cm³/mol. The summed E-state index contributed by atoms with van der Waals surface area (Å²) in [5.41, 5.74) is 5.89. The van der Waals surface area contributed by atoms with Gasteiger partial charge in [0, 0.05) is 15.8 Å². The Morgan fingerprint density at radius 2 is 2.13 bits per heavy atom. The van der Waals surface area contributed by atoms with Crippen LogP contribution in [0.4, 0.5) is 0 Å². The van der Waals surface area contributed by atoms with Crippen LogP contribution < -0.4 is 5.73 Å². The lowest BCUT2D eigenvalue weighted by Gasteiger charge is -2.15. The Hall–Kier alpha value is -0.870. The molecule has 0 aromatic carbocycles. The molecule has 1 heterocycles. The first-order valence-electron chi connectivity index (χ1n) is 4.88. The van der Waals surface area contributed by atoms with Gasteiger partial charge in [0.05, 0.1) is 6.42 Å². The summed E-state index contributed by atoms with van der Waals surface area (Å²) in [4.78, 5) is 12.7. The predicted octanol–water partition coefficient (Wildman–Crippen LogP) is 2.52. The van der Waals surface area contributed by atoms with Gasteiger partial charge in [0.15, 0.2) is 0 Å². The van der Waals surface area contributed by atoms with Gasteiger partial charge in [-0.15, -0.1) is 11.3 Å². The normalized spacial score (nSPS) is 13.9. The van der Waals surface area contributed by atoms with Crippen LogP contribution >= 0.6 is 11.3 Å². The molecule has 0 aliphatic carbocycles. The van der Waals surface area contributed by atoms with Crippen molar-refractivity contribution < 1.29 is 9.90 Å². The average molecular weight is 227 g/mol. The van der Waals surface area contributed by atoms with Crippen LogP contribution in [-0.2, 0) is 10.2 Å². The number of nitrogens with two attached hydrogens (primary N) is 1. The maximum Gasteiger partial charge on any atom is 0.305 e. The van der Waals surface area contributed by atoms with Crippen LogP contribution in [0.2, 0.25) is 0 Å². The van der Waals surface area contributed by atoms with Gasteiger partial charge in [-0.05, 0) is 17.5 Å². The summed E-state index contributed by atoms with van der Waals surface area (Å²) in [6.07, 6.45) is -0.00983. The molecule has 0 unspecified atom stereocenters. The molecule has 3 nitrogen and oxygen atoms in total. The van der Waals surface area contributed by atoms with Crippen molar-refractivity contribution in [3.63, 3.8) is 0 Å². The molecular formula is C11H17NO2S. The highest BCUT2D eigenvalue weighted by molar-refractivity contribution is 7.12. The number of carbonyl (C=O) groups is 1. The Balaban J connectivity index is 2.80. The van der Waals surface area contributed by atoms with Crippen molar-refractivity contribution in [1.82, 2.24) is 0 Å². The second kappa shape index (κ2) is 4.33. The zero-order chi connectivity index (χ0) is 11.6. The number of aliphatic carboxylic acids is 1. The molecule has 1 atom stereocenters.